The Morgan fingerprint density at radius 2 is 2.00 bits per heavy atom. The third-order valence-corrected chi connectivity index (χ3v) is 3.13. The third kappa shape index (κ3) is 2.21. The Morgan fingerprint density at radius 1 is 1.46 bits per heavy atom. The van der Waals surface area contributed by atoms with Gasteiger partial charge in [0.2, 0.25) is 0 Å². The van der Waals surface area contributed by atoms with E-state index in [4.69, 9.17) is 0 Å². The highest BCUT2D eigenvalue weighted by molar-refractivity contribution is 5.75. The van der Waals surface area contributed by atoms with Gasteiger partial charge in [0.25, 0.3) is 0 Å². The minimum atomic E-state index is -0.606. The van der Waals surface area contributed by atoms with Crippen LogP contribution in [-0.2, 0) is 4.79 Å². The van der Waals surface area contributed by atoms with Crippen LogP contribution in [0.25, 0.3) is 0 Å². The molecule has 1 N–H and O–H groups in total. The van der Waals surface area contributed by atoms with E-state index < -0.39 is 11.4 Å². The first-order chi connectivity index (χ1) is 6.10. The highest BCUT2D eigenvalue weighted by atomic mass is 16.4. The van der Waals surface area contributed by atoms with Crippen LogP contribution in [-0.4, -0.2) is 36.1 Å². The highest BCUT2D eigenvalue weighted by Gasteiger charge is 2.41. The van der Waals surface area contributed by atoms with Crippen LogP contribution in [0.1, 0.15) is 32.6 Å². The minimum Gasteiger partial charge on any atom is -0.481 e. The standard InChI is InChI=1S/C10H19NO2/c1-3-11(2)8-10(9(12)13)6-4-5-7-10/h3-8H2,1-2H3,(H,12,13). The first-order valence-corrected chi connectivity index (χ1v) is 5.03. The molecule has 1 saturated carbocycles. The molecule has 3 nitrogen and oxygen atoms in total. The Kier molecular flexibility index (Phi) is 3.31. The fourth-order valence-corrected chi connectivity index (χ4v) is 2.12. The average Bonchev–Trinajstić information content (AvgIpc) is 2.54. The minimum absolute atomic E-state index is 0.440. The van der Waals surface area contributed by atoms with Crippen molar-refractivity contribution in [1.29, 1.82) is 0 Å². The van der Waals surface area contributed by atoms with E-state index in [1.54, 1.807) is 0 Å². The van der Waals surface area contributed by atoms with Gasteiger partial charge in [-0.3, -0.25) is 4.79 Å². The molecule has 1 aliphatic rings. The largest absolute Gasteiger partial charge is 0.481 e. The summed E-state index contributed by atoms with van der Waals surface area (Å²) in [6.07, 6.45) is 3.85. The molecule has 0 heterocycles. The SMILES string of the molecule is CCN(C)CC1(C(=O)O)CCCC1. The lowest BCUT2D eigenvalue weighted by molar-refractivity contribution is -0.149. The molecule has 0 saturated heterocycles. The maximum absolute atomic E-state index is 11.1. The van der Waals surface area contributed by atoms with Crippen molar-refractivity contribution in [3.05, 3.63) is 0 Å². The van der Waals surface area contributed by atoms with Gasteiger partial charge in [-0.25, -0.2) is 0 Å². The molecule has 0 unspecified atom stereocenters. The molecule has 76 valence electrons. The van der Waals surface area contributed by atoms with Gasteiger partial charge < -0.3 is 10.0 Å². The van der Waals surface area contributed by atoms with Crippen LogP contribution >= 0.6 is 0 Å². The summed E-state index contributed by atoms with van der Waals surface area (Å²) in [5.74, 6) is -0.606. The number of aliphatic carboxylic acids is 1. The summed E-state index contributed by atoms with van der Waals surface area (Å²) in [4.78, 5) is 13.2. The second kappa shape index (κ2) is 4.09. The summed E-state index contributed by atoms with van der Waals surface area (Å²) < 4.78 is 0. The van der Waals surface area contributed by atoms with Gasteiger partial charge in [0.15, 0.2) is 0 Å². The predicted molar refractivity (Wildman–Crippen MR) is 51.7 cm³/mol. The lowest BCUT2D eigenvalue weighted by Crippen LogP contribution is -2.39. The van der Waals surface area contributed by atoms with Crippen molar-refractivity contribution in [2.75, 3.05) is 20.1 Å². The Hall–Kier alpha value is -0.570. The van der Waals surface area contributed by atoms with Crippen LogP contribution < -0.4 is 0 Å². The lowest BCUT2D eigenvalue weighted by Gasteiger charge is -2.28. The van der Waals surface area contributed by atoms with E-state index in [1.165, 1.54) is 0 Å². The van der Waals surface area contributed by atoms with Crippen LogP contribution in [0.4, 0.5) is 0 Å². The molecule has 0 aliphatic heterocycles. The zero-order chi connectivity index (χ0) is 9.90. The fourth-order valence-electron chi connectivity index (χ4n) is 2.12. The Labute approximate surface area is 79.7 Å². The molecular formula is C10H19NO2. The van der Waals surface area contributed by atoms with Gasteiger partial charge in [-0.05, 0) is 26.4 Å². The number of carboxylic acids is 1. The highest BCUT2D eigenvalue weighted by Crippen LogP contribution is 2.38. The van der Waals surface area contributed by atoms with Crippen molar-refractivity contribution in [3.8, 4) is 0 Å². The molecule has 0 aromatic carbocycles. The second-order valence-corrected chi connectivity index (χ2v) is 4.12. The summed E-state index contributed by atoms with van der Waals surface area (Å²) in [5, 5.41) is 9.18. The van der Waals surface area contributed by atoms with Crippen LogP contribution in [0.15, 0.2) is 0 Å². The van der Waals surface area contributed by atoms with Crippen LogP contribution in [0.5, 0.6) is 0 Å². The maximum atomic E-state index is 11.1. The molecule has 0 aromatic rings. The Balaban J connectivity index is 2.62. The van der Waals surface area contributed by atoms with E-state index >= 15 is 0 Å². The van der Waals surface area contributed by atoms with Gasteiger partial charge in [-0.2, -0.15) is 0 Å². The van der Waals surface area contributed by atoms with E-state index in [2.05, 4.69) is 11.8 Å². The number of nitrogens with zero attached hydrogens (tertiary/aromatic N) is 1. The smallest absolute Gasteiger partial charge is 0.310 e. The zero-order valence-electron chi connectivity index (χ0n) is 8.55. The van der Waals surface area contributed by atoms with Gasteiger partial charge in [-0.1, -0.05) is 19.8 Å². The number of hydrogen-bond acceptors (Lipinski definition) is 2. The molecule has 0 amide bonds. The van der Waals surface area contributed by atoms with Gasteiger partial charge in [0.1, 0.15) is 0 Å². The van der Waals surface area contributed by atoms with Crippen molar-refractivity contribution in [2.24, 2.45) is 5.41 Å². The summed E-state index contributed by atoms with van der Waals surface area (Å²) in [6, 6.07) is 0. The summed E-state index contributed by atoms with van der Waals surface area (Å²) >= 11 is 0. The molecule has 13 heavy (non-hydrogen) atoms. The van der Waals surface area contributed by atoms with Crippen LogP contribution in [0.2, 0.25) is 0 Å². The normalized spacial score (nSPS) is 20.8. The topological polar surface area (TPSA) is 40.5 Å². The zero-order valence-corrected chi connectivity index (χ0v) is 8.55. The fraction of sp³-hybridized carbons (Fsp3) is 0.900. The summed E-state index contributed by atoms with van der Waals surface area (Å²) in [5.41, 5.74) is -0.440. The van der Waals surface area contributed by atoms with Gasteiger partial charge in [-0.15, -0.1) is 0 Å². The van der Waals surface area contributed by atoms with E-state index in [0.717, 1.165) is 32.2 Å². The number of carboxylic acid groups (broad SMARTS) is 1. The Morgan fingerprint density at radius 3 is 2.38 bits per heavy atom. The molecule has 0 bridgehead atoms. The molecule has 1 rings (SSSR count). The van der Waals surface area contributed by atoms with Gasteiger partial charge in [0.05, 0.1) is 5.41 Å². The first-order valence-electron chi connectivity index (χ1n) is 5.03. The predicted octanol–water partition coefficient (Wildman–Crippen LogP) is 1.58. The molecule has 0 radical (unpaired) electrons. The van der Waals surface area contributed by atoms with Crippen molar-refractivity contribution in [1.82, 2.24) is 4.90 Å². The Bertz CT molecular complexity index is 185. The van der Waals surface area contributed by atoms with Crippen molar-refractivity contribution >= 4 is 5.97 Å². The van der Waals surface area contributed by atoms with E-state index in [0.29, 0.717) is 6.54 Å². The molecule has 0 atom stereocenters. The van der Waals surface area contributed by atoms with Crippen molar-refractivity contribution in [2.45, 2.75) is 32.6 Å². The van der Waals surface area contributed by atoms with Gasteiger partial charge >= 0.3 is 5.97 Å². The monoisotopic (exact) mass is 185 g/mol. The number of hydrogen-bond donors (Lipinski definition) is 1. The van der Waals surface area contributed by atoms with E-state index in [-0.39, 0.29) is 0 Å². The molecule has 0 spiro atoms. The molecule has 1 fully saturated rings. The molecule has 3 heteroatoms. The molecule has 1 aliphatic carbocycles. The van der Waals surface area contributed by atoms with Crippen LogP contribution in [0.3, 0.4) is 0 Å². The quantitative estimate of drug-likeness (QED) is 0.723. The number of carbonyl (C=O) groups is 1. The number of rotatable bonds is 4. The molecule has 0 aromatic heterocycles. The van der Waals surface area contributed by atoms with E-state index in [1.807, 2.05) is 7.05 Å². The maximum Gasteiger partial charge on any atom is 0.310 e. The van der Waals surface area contributed by atoms with E-state index in [9.17, 15) is 9.90 Å². The second-order valence-electron chi connectivity index (χ2n) is 4.12. The first kappa shape index (κ1) is 10.5. The lowest BCUT2D eigenvalue weighted by atomic mass is 9.86. The summed E-state index contributed by atoms with van der Waals surface area (Å²) in [7, 11) is 1.99. The third-order valence-electron chi connectivity index (χ3n) is 3.13. The molecular weight excluding hydrogens is 166 g/mol. The van der Waals surface area contributed by atoms with Crippen molar-refractivity contribution < 1.29 is 9.90 Å². The average molecular weight is 185 g/mol. The summed E-state index contributed by atoms with van der Waals surface area (Å²) in [6.45, 7) is 3.69. The van der Waals surface area contributed by atoms with Crippen LogP contribution in [0, 0.1) is 5.41 Å². The van der Waals surface area contributed by atoms with Gasteiger partial charge in [0, 0.05) is 6.54 Å². The van der Waals surface area contributed by atoms with Crippen molar-refractivity contribution in [3.63, 3.8) is 0 Å².